The molecule has 1 amide bonds. The van der Waals surface area contributed by atoms with Gasteiger partial charge in [0.1, 0.15) is 5.75 Å². The summed E-state index contributed by atoms with van der Waals surface area (Å²) in [6.07, 6.45) is 0. The fourth-order valence-corrected chi connectivity index (χ4v) is 2.49. The number of ether oxygens (including phenoxy) is 2. The quantitative estimate of drug-likeness (QED) is 0.812. The molecular weight excluding hydrogens is 292 g/mol. The number of benzene rings is 1. The van der Waals surface area contributed by atoms with Gasteiger partial charge in [0.2, 0.25) is 11.8 Å². The molecule has 6 nitrogen and oxygen atoms in total. The second-order valence-electron chi connectivity index (χ2n) is 4.11. The van der Waals surface area contributed by atoms with Crippen LogP contribution in [0.15, 0.2) is 29.6 Å². The van der Waals surface area contributed by atoms with E-state index < -0.39 is 5.97 Å². The van der Waals surface area contributed by atoms with Crippen LogP contribution in [0.25, 0.3) is 0 Å². The Labute approximate surface area is 125 Å². The molecule has 1 aromatic carbocycles. The molecule has 0 saturated heterocycles. The lowest BCUT2D eigenvalue weighted by atomic mass is 10.3. The molecular formula is C14H14N2O4S. The summed E-state index contributed by atoms with van der Waals surface area (Å²) in [5, 5.41) is 2.01. The van der Waals surface area contributed by atoms with Crippen molar-refractivity contribution in [2.45, 2.75) is 13.8 Å². The largest absolute Gasteiger partial charge is 0.497 e. The summed E-state index contributed by atoms with van der Waals surface area (Å²) in [7, 11) is 1.57. The summed E-state index contributed by atoms with van der Waals surface area (Å²) in [6, 6.07) is 7.03. The molecule has 1 heterocycles. The Balaban J connectivity index is 2.31. The number of carbonyl (C=O) groups is 2. The molecule has 0 aliphatic carbocycles. The Morgan fingerprint density at radius 1 is 1.19 bits per heavy atom. The fourth-order valence-electron chi connectivity index (χ4n) is 1.71. The first-order chi connectivity index (χ1) is 10.0. The number of hydrogen-bond acceptors (Lipinski definition) is 6. The van der Waals surface area contributed by atoms with Gasteiger partial charge in [0.15, 0.2) is 5.13 Å². The van der Waals surface area contributed by atoms with Crippen molar-refractivity contribution in [2.24, 2.45) is 0 Å². The molecule has 21 heavy (non-hydrogen) atoms. The zero-order valence-electron chi connectivity index (χ0n) is 11.8. The summed E-state index contributed by atoms with van der Waals surface area (Å²) < 4.78 is 9.99. The van der Waals surface area contributed by atoms with Crippen LogP contribution < -0.4 is 14.4 Å². The van der Waals surface area contributed by atoms with E-state index in [9.17, 15) is 9.59 Å². The number of esters is 1. The van der Waals surface area contributed by atoms with Gasteiger partial charge in [-0.2, -0.15) is 4.98 Å². The molecule has 0 spiro atoms. The number of hydrogen-bond donors (Lipinski definition) is 0. The number of methoxy groups -OCH3 is 1. The third-order valence-electron chi connectivity index (χ3n) is 2.56. The lowest BCUT2D eigenvalue weighted by Gasteiger charge is -2.18. The van der Waals surface area contributed by atoms with Gasteiger partial charge in [-0.3, -0.25) is 14.5 Å². The van der Waals surface area contributed by atoms with Gasteiger partial charge in [-0.15, -0.1) is 11.3 Å². The number of thiazole rings is 1. The van der Waals surface area contributed by atoms with Gasteiger partial charge in [0.05, 0.1) is 18.2 Å². The number of aromatic nitrogens is 1. The van der Waals surface area contributed by atoms with E-state index in [-0.39, 0.29) is 11.8 Å². The topological polar surface area (TPSA) is 68.7 Å². The first kappa shape index (κ1) is 15.0. The Bertz CT molecular complexity index is 651. The van der Waals surface area contributed by atoms with Crippen molar-refractivity contribution in [3.8, 4) is 11.6 Å². The second kappa shape index (κ2) is 6.36. The molecule has 7 heteroatoms. The number of carbonyl (C=O) groups excluding carboxylic acids is 2. The van der Waals surface area contributed by atoms with Crippen molar-refractivity contribution < 1.29 is 19.1 Å². The highest BCUT2D eigenvalue weighted by Gasteiger charge is 2.18. The van der Waals surface area contributed by atoms with Gasteiger partial charge in [0.25, 0.3) is 0 Å². The minimum atomic E-state index is -0.453. The lowest BCUT2D eigenvalue weighted by molar-refractivity contribution is -0.132. The summed E-state index contributed by atoms with van der Waals surface area (Å²) in [6.45, 7) is 2.74. The smallest absolute Gasteiger partial charge is 0.309 e. The van der Waals surface area contributed by atoms with E-state index in [0.29, 0.717) is 16.6 Å². The van der Waals surface area contributed by atoms with Crippen LogP contribution in [0.4, 0.5) is 10.8 Å². The molecule has 0 aliphatic rings. The van der Waals surface area contributed by atoms with Gasteiger partial charge < -0.3 is 9.47 Å². The van der Waals surface area contributed by atoms with Crippen LogP contribution in [0.3, 0.4) is 0 Å². The van der Waals surface area contributed by atoms with Gasteiger partial charge >= 0.3 is 5.97 Å². The van der Waals surface area contributed by atoms with Crippen LogP contribution in [-0.2, 0) is 9.59 Å². The molecule has 0 bridgehead atoms. The molecule has 2 rings (SSSR count). The van der Waals surface area contributed by atoms with Crippen LogP contribution in [-0.4, -0.2) is 24.0 Å². The Morgan fingerprint density at radius 2 is 1.86 bits per heavy atom. The van der Waals surface area contributed by atoms with Gasteiger partial charge in [-0.25, -0.2) is 0 Å². The standard InChI is InChI=1S/C14H14N2O4S/c1-9(17)16(11-4-6-12(19-3)7-5-11)14-15-13(8-21-14)20-10(2)18/h4-8H,1-3H3. The molecule has 2 aromatic rings. The van der Waals surface area contributed by atoms with E-state index in [1.807, 2.05) is 0 Å². The molecule has 110 valence electrons. The molecule has 1 aromatic heterocycles. The van der Waals surface area contributed by atoms with Crippen LogP contribution in [0.2, 0.25) is 0 Å². The summed E-state index contributed by atoms with van der Waals surface area (Å²) in [5.74, 6) is 0.235. The van der Waals surface area contributed by atoms with E-state index in [1.54, 1.807) is 36.8 Å². The van der Waals surface area contributed by atoms with Crippen LogP contribution in [0.5, 0.6) is 11.6 Å². The van der Waals surface area contributed by atoms with Gasteiger partial charge in [0, 0.05) is 13.8 Å². The van der Waals surface area contributed by atoms with E-state index in [0.717, 1.165) is 0 Å². The van der Waals surface area contributed by atoms with E-state index >= 15 is 0 Å². The fraction of sp³-hybridized carbons (Fsp3) is 0.214. The average Bonchev–Trinajstić information content (AvgIpc) is 2.86. The minimum Gasteiger partial charge on any atom is -0.497 e. The van der Waals surface area contributed by atoms with Crippen molar-refractivity contribution in [1.82, 2.24) is 4.98 Å². The summed E-state index contributed by atoms with van der Waals surface area (Å²) in [5.41, 5.74) is 0.659. The SMILES string of the molecule is COc1ccc(N(C(C)=O)c2nc(OC(C)=O)cs2)cc1. The number of rotatable bonds is 4. The van der Waals surface area contributed by atoms with Crippen LogP contribution in [0, 0.1) is 0 Å². The summed E-state index contributed by atoms with van der Waals surface area (Å²) in [4.78, 5) is 28.4. The van der Waals surface area contributed by atoms with Crippen molar-refractivity contribution in [3.63, 3.8) is 0 Å². The number of amides is 1. The molecule has 0 unspecified atom stereocenters. The molecule has 0 radical (unpaired) electrons. The highest BCUT2D eigenvalue weighted by molar-refractivity contribution is 7.14. The predicted octanol–water partition coefficient (Wildman–Crippen LogP) is 2.76. The number of nitrogens with zero attached hydrogens (tertiary/aromatic N) is 2. The van der Waals surface area contributed by atoms with Gasteiger partial charge in [-0.1, -0.05) is 0 Å². The van der Waals surface area contributed by atoms with E-state index in [4.69, 9.17) is 9.47 Å². The third-order valence-corrected chi connectivity index (χ3v) is 3.36. The first-order valence-electron chi connectivity index (χ1n) is 6.10. The average molecular weight is 306 g/mol. The number of anilines is 2. The maximum Gasteiger partial charge on any atom is 0.309 e. The van der Waals surface area contributed by atoms with Crippen molar-refractivity contribution >= 4 is 34.0 Å². The minimum absolute atomic E-state index is 0.183. The highest BCUT2D eigenvalue weighted by Crippen LogP contribution is 2.32. The maximum atomic E-state index is 11.9. The van der Waals surface area contributed by atoms with E-state index in [2.05, 4.69) is 4.98 Å². The third kappa shape index (κ3) is 3.57. The molecule has 0 fully saturated rings. The molecule has 0 atom stereocenters. The molecule has 0 saturated carbocycles. The van der Waals surface area contributed by atoms with Crippen molar-refractivity contribution in [2.75, 3.05) is 12.0 Å². The summed E-state index contributed by atoms with van der Waals surface area (Å²) >= 11 is 1.22. The highest BCUT2D eigenvalue weighted by atomic mass is 32.1. The van der Waals surface area contributed by atoms with Crippen LogP contribution >= 0.6 is 11.3 Å². The second-order valence-corrected chi connectivity index (χ2v) is 4.95. The lowest BCUT2D eigenvalue weighted by Crippen LogP contribution is -2.22. The van der Waals surface area contributed by atoms with Gasteiger partial charge in [-0.05, 0) is 24.3 Å². The zero-order chi connectivity index (χ0) is 15.4. The van der Waals surface area contributed by atoms with Crippen LogP contribution in [0.1, 0.15) is 13.8 Å². The predicted molar refractivity (Wildman–Crippen MR) is 79.2 cm³/mol. The molecule has 0 N–H and O–H groups in total. The zero-order valence-corrected chi connectivity index (χ0v) is 12.6. The Hall–Kier alpha value is -2.41. The Morgan fingerprint density at radius 3 is 2.38 bits per heavy atom. The maximum absolute atomic E-state index is 11.9. The van der Waals surface area contributed by atoms with E-state index in [1.165, 1.54) is 30.1 Å². The van der Waals surface area contributed by atoms with Crippen molar-refractivity contribution in [3.05, 3.63) is 29.6 Å². The van der Waals surface area contributed by atoms with Crippen molar-refractivity contribution in [1.29, 1.82) is 0 Å². The molecule has 0 aliphatic heterocycles. The Kier molecular flexibility index (Phi) is 4.54. The normalized spacial score (nSPS) is 10.0. The first-order valence-corrected chi connectivity index (χ1v) is 6.98. The monoisotopic (exact) mass is 306 g/mol.